The molecule has 1 rings (SSSR count). The predicted octanol–water partition coefficient (Wildman–Crippen LogP) is 1.04. The minimum absolute atomic E-state index is 0.198. The second kappa shape index (κ2) is 3.14. The highest BCUT2D eigenvalue weighted by Gasteiger charge is 2.05. The summed E-state index contributed by atoms with van der Waals surface area (Å²) in [6.45, 7) is 4.05. The first-order chi connectivity index (χ1) is 5.29. The number of nitroso groups, excluding NO2 is 1. The molecule has 0 saturated heterocycles. The second-order valence-corrected chi connectivity index (χ2v) is 1.97. The molecule has 0 radical (unpaired) electrons. The zero-order valence-corrected chi connectivity index (χ0v) is 6.44. The van der Waals surface area contributed by atoms with E-state index in [0.717, 1.165) is 0 Å². The fraction of sp³-hybridized carbons (Fsp3) is 0.500. The normalized spacial score (nSPS) is 9.64. The molecule has 1 aromatic heterocycles. The van der Waals surface area contributed by atoms with Crippen LogP contribution in [0.1, 0.15) is 12.7 Å². The summed E-state index contributed by atoms with van der Waals surface area (Å²) < 4.78 is 1.31. The maximum Gasteiger partial charge on any atom is 0.232 e. The van der Waals surface area contributed by atoms with Crippen molar-refractivity contribution in [2.75, 3.05) is 6.61 Å². The average molecular weight is 155 g/mol. The van der Waals surface area contributed by atoms with Gasteiger partial charge >= 0.3 is 0 Å². The Balaban J connectivity index is 2.97. The van der Waals surface area contributed by atoms with Crippen LogP contribution in [0.3, 0.4) is 0 Å². The van der Waals surface area contributed by atoms with Crippen LogP contribution in [-0.2, 0) is 0 Å². The Morgan fingerprint density at radius 2 is 2.55 bits per heavy atom. The van der Waals surface area contributed by atoms with Crippen LogP contribution in [0, 0.1) is 11.8 Å². The summed E-state index contributed by atoms with van der Waals surface area (Å²) in [7, 11) is 0. The molecule has 0 bridgehead atoms. The number of aromatic nitrogens is 2. The van der Waals surface area contributed by atoms with Crippen LogP contribution in [-0.4, -0.2) is 16.3 Å². The lowest BCUT2D eigenvalue weighted by Gasteiger charge is -2.04. The lowest BCUT2D eigenvalue weighted by atomic mass is 10.7. The molecule has 0 unspecified atom stereocenters. The Morgan fingerprint density at radius 1 is 1.82 bits per heavy atom. The summed E-state index contributed by atoms with van der Waals surface area (Å²) in [4.78, 5) is 19.0. The Kier molecular flexibility index (Phi) is 2.20. The van der Waals surface area contributed by atoms with Crippen molar-refractivity contribution >= 4 is 5.82 Å². The molecule has 1 aromatic rings. The first-order valence-corrected chi connectivity index (χ1v) is 3.30. The van der Waals surface area contributed by atoms with E-state index in [2.05, 4.69) is 10.2 Å². The SMILES string of the molecule is CCOn1c(N=O)cnc1C. The third kappa shape index (κ3) is 1.36. The molecule has 0 aliphatic carbocycles. The molecule has 0 aliphatic heterocycles. The van der Waals surface area contributed by atoms with Crippen molar-refractivity contribution < 1.29 is 4.84 Å². The molecule has 0 aliphatic rings. The van der Waals surface area contributed by atoms with E-state index in [1.54, 1.807) is 6.92 Å². The van der Waals surface area contributed by atoms with Gasteiger partial charge in [-0.1, -0.05) is 0 Å². The molecular formula is C6H9N3O2. The lowest BCUT2D eigenvalue weighted by Crippen LogP contribution is -2.11. The van der Waals surface area contributed by atoms with Gasteiger partial charge in [-0.05, 0) is 19.0 Å². The number of rotatable bonds is 3. The molecule has 1 heterocycles. The van der Waals surface area contributed by atoms with Crippen molar-refractivity contribution in [2.45, 2.75) is 13.8 Å². The number of nitrogens with zero attached hydrogens (tertiary/aromatic N) is 3. The average Bonchev–Trinajstić information content (AvgIpc) is 2.34. The van der Waals surface area contributed by atoms with Gasteiger partial charge in [-0.2, -0.15) is 0 Å². The minimum Gasteiger partial charge on any atom is -0.411 e. The zero-order valence-electron chi connectivity index (χ0n) is 6.44. The van der Waals surface area contributed by atoms with Crippen molar-refractivity contribution in [3.8, 4) is 0 Å². The molecule has 0 atom stereocenters. The minimum atomic E-state index is 0.198. The summed E-state index contributed by atoms with van der Waals surface area (Å²) in [5.74, 6) is 0.825. The molecule has 0 saturated carbocycles. The molecule has 0 spiro atoms. The highest BCUT2D eigenvalue weighted by atomic mass is 16.7. The maximum absolute atomic E-state index is 10.1. The highest BCUT2D eigenvalue weighted by molar-refractivity contribution is 5.24. The first-order valence-electron chi connectivity index (χ1n) is 3.30. The maximum atomic E-state index is 10.1. The van der Waals surface area contributed by atoms with Gasteiger partial charge in [0.05, 0.1) is 6.20 Å². The van der Waals surface area contributed by atoms with Gasteiger partial charge in [0.15, 0.2) is 0 Å². The summed E-state index contributed by atoms with van der Waals surface area (Å²) in [6.07, 6.45) is 1.37. The Hall–Kier alpha value is -1.39. The van der Waals surface area contributed by atoms with Gasteiger partial charge in [0.2, 0.25) is 5.82 Å². The number of aryl methyl sites for hydroxylation is 1. The van der Waals surface area contributed by atoms with Crippen LogP contribution < -0.4 is 4.84 Å². The topological polar surface area (TPSA) is 56.5 Å². The Labute approximate surface area is 63.9 Å². The first kappa shape index (κ1) is 7.71. The van der Waals surface area contributed by atoms with E-state index in [0.29, 0.717) is 12.4 Å². The van der Waals surface area contributed by atoms with Crippen molar-refractivity contribution in [3.63, 3.8) is 0 Å². The Morgan fingerprint density at radius 3 is 3.09 bits per heavy atom. The van der Waals surface area contributed by atoms with Gasteiger partial charge in [0.25, 0.3) is 0 Å². The molecule has 0 N–H and O–H groups in total. The van der Waals surface area contributed by atoms with Crippen LogP contribution in [0.4, 0.5) is 5.82 Å². The van der Waals surface area contributed by atoms with E-state index in [1.807, 2.05) is 6.92 Å². The van der Waals surface area contributed by atoms with Crippen LogP contribution in [0.2, 0.25) is 0 Å². The Bertz CT molecular complexity index is 256. The van der Waals surface area contributed by atoms with Crippen LogP contribution >= 0.6 is 0 Å². The molecule has 5 nitrogen and oxygen atoms in total. The fourth-order valence-corrected chi connectivity index (χ4v) is 0.771. The molecule has 0 fully saturated rings. The smallest absolute Gasteiger partial charge is 0.232 e. The summed E-state index contributed by atoms with van der Waals surface area (Å²) >= 11 is 0. The molecule has 5 heteroatoms. The number of hydrogen-bond donors (Lipinski definition) is 0. The molecular weight excluding hydrogens is 146 g/mol. The molecule has 60 valence electrons. The van der Waals surface area contributed by atoms with Gasteiger partial charge in [0.1, 0.15) is 12.4 Å². The molecule has 0 aromatic carbocycles. The second-order valence-electron chi connectivity index (χ2n) is 1.97. The quantitative estimate of drug-likeness (QED) is 0.613. The van der Waals surface area contributed by atoms with Gasteiger partial charge in [-0.3, -0.25) is 0 Å². The standard InChI is InChI=1S/C6H9N3O2/c1-3-11-9-5(2)7-4-6(9)8-10/h4H,3H2,1-2H3. The lowest BCUT2D eigenvalue weighted by molar-refractivity contribution is 0.120. The van der Waals surface area contributed by atoms with E-state index in [-0.39, 0.29) is 5.82 Å². The van der Waals surface area contributed by atoms with Crippen molar-refractivity contribution in [1.82, 2.24) is 9.71 Å². The van der Waals surface area contributed by atoms with Gasteiger partial charge < -0.3 is 4.84 Å². The van der Waals surface area contributed by atoms with E-state index in [4.69, 9.17) is 4.84 Å². The largest absolute Gasteiger partial charge is 0.411 e. The summed E-state index contributed by atoms with van der Waals surface area (Å²) in [5, 5.41) is 2.74. The van der Waals surface area contributed by atoms with Crippen LogP contribution in [0.15, 0.2) is 11.4 Å². The van der Waals surface area contributed by atoms with Gasteiger partial charge in [-0.15, -0.1) is 9.64 Å². The molecule has 0 amide bonds. The van der Waals surface area contributed by atoms with E-state index in [1.165, 1.54) is 10.9 Å². The van der Waals surface area contributed by atoms with Gasteiger partial charge in [0, 0.05) is 0 Å². The van der Waals surface area contributed by atoms with E-state index in [9.17, 15) is 4.91 Å². The van der Waals surface area contributed by atoms with E-state index >= 15 is 0 Å². The van der Waals surface area contributed by atoms with Crippen LogP contribution in [0.25, 0.3) is 0 Å². The summed E-state index contributed by atoms with van der Waals surface area (Å²) in [5.41, 5.74) is 0. The predicted molar refractivity (Wildman–Crippen MR) is 39.5 cm³/mol. The zero-order chi connectivity index (χ0) is 8.27. The van der Waals surface area contributed by atoms with Crippen molar-refractivity contribution in [3.05, 3.63) is 16.9 Å². The molecule has 11 heavy (non-hydrogen) atoms. The highest BCUT2D eigenvalue weighted by Crippen LogP contribution is 2.10. The van der Waals surface area contributed by atoms with Crippen LogP contribution in [0.5, 0.6) is 0 Å². The van der Waals surface area contributed by atoms with Crippen molar-refractivity contribution in [1.29, 1.82) is 0 Å². The summed E-state index contributed by atoms with van der Waals surface area (Å²) in [6, 6.07) is 0. The van der Waals surface area contributed by atoms with Gasteiger partial charge in [-0.25, -0.2) is 4.98 Å². The third-order valence-electron chi connectivity index (χ3n) is 1.22. The number of imidazole rings is 1. The van der Waals surface area contributed by atoms with Crippen molar-refractivity contribution in [2.24, 2.45) is 5.18 Å². The third-order valence-corrected chi connectivity index (χ3v) is 1.22. The monoisotopic (exact) mass is 155 g/mol. The fourth-order valence-electron chi connectivity index (χ4n) is 0.771. The van der Waals surface area contributed by atoms with E-state index < -0.39 is 0 Å². The number of hydrogen-bond acceptors (Lipinski definition) is 4.